The van der Waals surface area contributed by atoms with Crippen LogP contribution in [0.2, 0.25) is 0 Å². The number of hydrogen-bond donors (Lipinski definition) is 2. The lowest BCUT2D eigenvalue weighted by Gasteiger charge is -1.99. The Morgan fingerprint density at radius 2 is 2.24 bits per heavy atom. The molecular weight excluding hydrogens is 304 g/mol. The largest absolute Gasteiger partial charge is 0.395 e. The van der Waals surface area contributed by atoms with E-state index in [9.17, 15) is 0 Å². The Morgan fingerprint density at radius 3 is 3.14 bits per heavy atom. The number of thioether (sulfide) groups is 1. The number of nitrogens with zero attached hydrogens (tertiary/aromatic N) is 3. The van der Waals surface area contributed by atoms with Gasteiger partial charge in [-0.2, -0.15) is 0 Å². The van der Waals surface area contributed by atoms with Crippen LogP contribution in [0.25, 0.3) is 11.2 Å². The Labute approximate surface area is 129 Å². The molecule has 3 aromatic rings. The molecule has 0 saturated heterocycles. The van der Waals surface area contributed by atoms with Crippen LogP contribution in [0, 0.1) is 11.8 Å². The van der Waals surface area contributed by atoms with E-state index in [0.717, 1.165) is 21.2 Å². The number of hydrogen-bond acceptors (Lipinski definition) is 6. The summed E-state index contributed by atoms with van der Waals surface area (Å²) >= 11 is 3.31. The smallest absolute Gasteiger partial charge is 0.181 e. The van der Waals surface area contributed by atoms with Crippen molar-refractivity contribution in [2.75, 3.05) is 6.61 Å². The highest BCUT2D eigenvalue weighted by Crippen LogP contribution is 2.28. The van der Waals surface area contributed by atoms with Crippen LogP contribution in [0.5, 0.6) is 0 Å². The van der Waals surface area contributed by atoms with E-state index in [1.807, 2.05) is 6.07 Å². The van der Waals surface area contributed by atoms with Crippen molar-refractivity contribution < 1.29 is 5.11 Å². The summed E-state index contributed by atoms with van der Waals surface area (Å²) in [6.07, 6.45) is 3.68. The number of aliphatic hydroxyl groups is 1. The number of aliphatic hydroxyl groups excluding tert-OH is 1. The van der Waals surface area contributed by atoms with E-state index >= 15 is 0 Å². The maximum Gasteiger partial charge on any atom is 0.181 e. The van der Waals surface area contributed by atoms with Crippen LogP contribution in [0.15, 0.2) is 29.8 Å². The first-order chi connectivity index (χ1) is 10.4. The molecule has 3 rings (SSSR count). The predicted molar refractivity (Wildman–Crippen MR) is 84.1 cm³/mol. The van der Waals surface area contributed by atoms with Crippen LogP contribution < -0.4 is 0 Å². The molecule has 0 atom stereocenters. The Balaban J connectivity index is 1.68. The average Bonchev–Trinajstić information content (AvgIpc) is 3.14. The summed E-state index contributed by atoms with van der Waals surface area (Å²) in [6, 6.07) is 4.09. The van der Waals surface area contributed by atoms with Crippen molar-refractivity contribution in [2.45, 2.75) is 17.2 Å². The minimum absolute atomic E-state index is 0.106. The third kappa shape index (κ3) is 3.42. The van der Waals surface area contributed by atoms with E-state index in [1.165, 1.54) is 11.2 Å². The van der Waals surface area contributed by atoms with E-state index in [1.54, 1.807) is 29.4 Å². The highest BCUT2D eigenvalue weighted by Gasteiger charge is 2.07. The molecule has 2 N–H and O–H groups in total. The molecule has 0 aliphatic rings. The van der Waals surface area contributed by atoms with Crippen molar-refractivity contribution >= 4 is 34.3 Å². The molecule has 7 heteroatoms. The van der Waals surface area contributed by atoms with Crippen LogP contribution in [0.4, 0.5) is 0 Å². The van der Waals surface area contributed by atoms with Gasteiger partial charge in [0.25, 0.3) is 0 Å². The molecular formula is C14H12N4OS2. The van der Waals surface area contributed by atoms with Gasteiger partial charge in [0, 0.05) is 17.1 Å². The number of thiophene rings is 1. The first-order valence-corrected chi connectivity index (χ1v) is 8.12. The first kappa shape index (κ1) is 14.1. The number of imidazole rings is 1. The Morgan fingerprint density at radius 1 is 1.29 bits per heavy atom. The van der Waals surface area contributed by atoms with E-state index in [-0.39, 0.29) is 6.61 Å². The fourth-order valence-corrected chi connectivity index (χ4v) is 3.60. The van der Waals surface area contributed by atoms with Crippen molar-refractivity contribution in [3.8, 4) is 11.8 Å². The molecule has 21 heavy (non-hydrogen) atoms. The monoisotopic (exact) mass is 316 g/mol. The second-order valence-electron chi connectivity index (χ2n) is 4.11. The zero-order valence-corrected chi connectivity index (χ0v) is 12.7. The summed E-state index contributed by atoms with van der Waals surface area (Å²) in [5.41, 5.74) is 1.57. The lowest BCUT2D eigenvalue weighted by Crippen LogP contribution is -1.86. The Kier molecular flexibility index (Phi) is 4.50. The van der Waals surface area contributed by atoms with Crippen LogP contribution in [0.1, 0.15) is 16.2 Å². The van der Waals surface area contributed by atoms with E-state index in [2.05, 4.69) is 37.8 Å². The topological polar surface area (TPSA) is 74.7 Å². The van der Waals surface area contributed by atoms with Gasteiger partial charge < -0.3 is 10.1 Å². The van der Waals surface area contributed by atoms with Crippen LogP contribution in [-0.2, 0) is 5.75 Å². The van der Waals surface area contributed by atoms with Gasteiger partial charge in [0.05, 0.1) is 17.8 Å². The van der Waals surface area contributed by atoms with Gasteiger partial charge >= 0.3 is 0 Å². The molecule has 0 aromatic carbocycles. The number of fused-ring (bicyclic) bond motifs is 1. The zero-order valence-electron chi connectivity index (χ0n) is 11.0. The number of nitrogens with one attached hydrogen (secondary N) is 1. The van der Waals surface area contributed by atoms with Crippen molar-refractivity contribution in [3.05, 3.63) is 34.5 Å². The molecule has 0 spiro atoms. The van der Waals surface area contributed by atoms with Gasteiger partial charge in [-0.25, -0.2) is 15.0 Å². The van der Waals surface area contributed by atoms with Crippen LogP contribution in [-0.4, -0.2) is 31.6 Å². The molecule has 106 valence electrons. The fourth-order valence-electron chi connectivity index (χ4n) is 1.72. The van der Waals surface area contributed by atoms with E-state index in [0.29, 0.717) is 12.1 Å². The summed E-state index contributed by atoms with van der Waals surface area (Å²) in [5, 5.41) is 9.61. The summed E-state index contributed by atoms with van der Waals surface area (Å²) in [5.74, 6) is 6.81. The van der Waals surface area contributed by atoms with Gasteiger partial charge in [-0.15, -0.1) is 11.3 Å². The second-order valence-corrected chi connectivity index (χ2v) is 6.24. The molecule has 3 aromatic heterocycles. The molecule has 5 nitrogen and oxygen atoms in total. The highest BCUT2D eigenvalue weighted by molar-refractivity contribution is 7.98. The quantitative estimate of drug-likeness (QED) is 0.439. The molecule has 0 bridgehead atoms. The van der Waals surface area contributed by atoms with Gasteiger partial charge in [-0.1, -0.05) is 23.6 Å². The molecule has 3 heterocycles. The van der Waals surface area contributed by atoms with Gasteiger partial charge in [-0.3, -0.25) is 0 Å². The molecule has 0 radical (unpaired) electrons. The molecule has 0 aliphatic carbocycles. The predicted octanol–water partition coefficient (Wildman–Crippen LogP) is 2.44. The maximum absolute atomic E-state index is 8.71. The third-order valence-corrected chi connectivity index (χ3v) is 4.87. The number of rotatable bonds is 4. The third-order valence-electron chi connectivity index (χ3n) is 2.65. The second kappa shape index (κ2) is 6.72. The van der Waals surface area contributed by atoms with Crippen LogP contribution in [0.3, 0.4) is 0 Å². The average molecular weight is 316 g/mol. The molecule has 0 unspecified atom stereocenters. The van der Waals surface area contributed by atoms with Crippen molar-refractivity contribution in [1.82, 2.24) is 19.9 Å². The Bertz CT molecular complexity index is 800. The van der Waals surface area contributed by atoms with Crippen molar-refractivity contribution in [1.29, 1.82) is 0 Å². The normalized spacial score (nSPS) is 10.5. The first-order valence-electron chi connectivity index (χ1n) is 6.32. The standard InChI is InChI=1S/C14H12N4OS2/c19-6-2-1-3-10-4-5-11(21-10)7-20-14-12-13(16-8-15-12)17-9-18-14/h4-5,8-9,19H,2,6-7H2,(H,15,16,17,18). The molecule has 0 fully saturated rings. The van der Waals surface area contributed by atoms with Gasteiger partial charge in [-0.05, 0) is 12.1 Å². The molecule has 0 amide bonds. The Hall–Kier alpha value is -1.88. The van der Waals surface area contributed by atoms with Crippen LogP contribution >= 0.6 is 23.1 Å². The van der Waals surface area contributed by atoms with Gasteiger partial charge in [0.1, 0.15) is 16.9 Å². The fraction of sp³-hybridized carbons (Fsp3) is 0.214. The van der Waals surface area contributed by atoms with E-state index < -0.39 is 0 Å². The summed E-state index contributed by atoms with van der Waals surface area (Å²) in [7, 11) is 0. The number of aromatic nitrogens is 4. The van der Waals surface area contributed by atoms with Crippen molar-refractivity contribution in [2.24, 2.45) is 0 Å². The number of H-pyrrole nitrogens is 1. The molecule has 0 aliphatic heterocycles. The van der Waals surface area contributed by atoms with E-state index in [4.69, 9.17) is 5.11 Å². The summed E-state index contributed by atoms with van der Waals surface area (Å²) in [6.45, 7) is 0.106. The molecule has 0 saturated carbocycles. The summed E-state index contributed by atoms with van der Waals surface area (Å²) < 4.78 is 0. The van der Waals surface area contributed by atoms with Gasteiger partial charge in [0.15, 0.2) is 5.65 Å². The van der Waals surface area contributed by atoms with Gasteiger partial charge in [0.2, 0.25) is 0 Å². The minimum Gasteiger partial charge on any atom is -0.395 e. The summed E-state index contributed by atoms with van der Waals surface area (Å²) in [4.78, 5) is 17.8. The number of aromatic amines is 1. The highest BCUT2D eigenvalue weighted by atomic mass is 32.2. The zero-order chi connectivity index (χ0) is 14.5. The minimum atomic E-state index is 0.106. The van der Waals surface area contributed by atoms with Crippen molar-refractivity contribution in [3.63, 3.8) is 0 Å². The lowest BCUT2D eigenvalue weighted by molar-refractivity contribution is 0.305. The maximum atomic E-state index is 8.71. The lowest BCUT2D eigenvalue weighted by atomic mass is 10.4. The SMILES string of the molecule is OCCC#Cc1ccc(CSc2ncnc3nc[nH]c23)s1.